The van der Waals surface area contributed by atoms with Gasteiger partial charge in [-0.3, -0.25) is 4.79 Å². The molecule has 1 aromatic carbocycles. The number of rotatable bonds is 8. The molecule has 1 fully saturated rings. The minimum atomic E-state index is -0.313. The van der Waals surface area contributed by atoms with E-state index in [4.69, 9.17) is 14.0 Å². The van der Waals surface area contributed by atoms with Crippen molar-refractivity contribution in [3.63, 3.8) is 0 Å². The highest BCUT2D eigenvalue weighted by atomic mass is 19.1. The first-order chi connectivity index (χ1) is 13.6. The van der Waals surface area contributed by atoms with Crippen molar-refractivity contribution in [1.82, 2.24) is 10.1 Å². The van der Waals surface area contributed by atoms with E-state index in [2.05, 4.69) is 10.1 Å². The average Bonchev–Trinajstić information content (AvgIpc) is 3.12. The molecule has 0 unspecified atom stereocenters. The Hall–Kier alpha value is -2.45. The van der Waals surface area contributed by atoms with Crippen LogP contribution in [0.4, 0.5) is 10.3 Å². The molecule has 0 bridgehead atoms. The minimum Gasteiger partial charge on any atom is -0.385 e. The Bertz CT molecular complexity index is 772. The number of carbonyl (C=O) groups is 1. The summed E-state index contributed by atoms with van der Waals surface area (Å²) < 4.78 is 29.6. The number of halogens is 1. The van der Waals surface area contributed by atoms with Crippen LogP contribution in [0.5, 0.6) is 0 Å². The van der Waals surface area contributed by atoms with Crippen molar-refractivity contribution in [2.45, 2.75) is 19.9 Å². The van der Waals surface area contributed by atoms with E-state index in [-0.39, 0.29) is 11.7 Å². The van der Waals surface area contributed by atoms with Gasteiger partial charge in [-0.1, -0.05) is 5.16 Å². The van der Waals surface area contributed by atoms with Crippen LogP contribution in [-0.2, 0) is 20.8 Å². The molecule has 7 nitrogen and oxygen atoms in total. The molecular weight excluding hydrogens is 365 g/mol. The first kappa shape index (κ1) is 20.3. The molecule has 1 aliphatic heterocycles. The second-order valence-electron chi connectivity index (χ2n) is 6.71. The number of carbonyl (C=O) groups excluding carboxylic acids is 1. The van der Waals surface area contributed by atoms with Crippen LogP contribution >= 0.6 is 0 Å². The smallest absolute Gasteiger partial charge is 0.233 e. The van der Waals surface area contributed by atoms with Crippen LogP contribution < -0.4 is 4.90 Å². The van der Waals surface area contributed by atoms with Gasteiger partial charge >= 0.3 is 0 Å². The molecule has 1 saturated heterocycles. The van der Waals surface area contributed by atoms with Gasteiger partial charge in [-0.25, -0.2) is 4.39 Å². The van der Waals surface area contributed by atoms with Gasteiger partial charge < -0.3 is 23.8 Å². The van der Waals surface area contributed by atoms with Crippen molar-refractivity contribution >= 4 is 11.8 Å². The Labute approximate surface area is 164 Å². The minimum absolute atomic E-state index is 0.0321. The van der Waals surface area contributed by atoms with Gasteiger partial charge in [-0.15, -0.1) is 0 Å². The van der Waals surface area contributed by atoms with Gasteiger partial charge in [0.05, 0.1) is 25.3 Å². The van der Waals surface area contributed by atoms with E-state index in [0.717, 1.165) is 17.5 Å². The zero-order valence-corrected chi connectivity index (χ0v) is 16.3. The van der Waals surface area contributed by atoms with Gasteiger partial charge in [0, 0.05) is 45.8 Å². The maximum absolute atomic E-state index is 13.4. The Morgan fingerprint density at radius 2 is 2.00 bits per heavy atom. The van der Waals surface area contributed by atoms with Crippen LogP contribution in [0.25, 0.3) is 11.3 Å². The molecule has 2 heterocycles. The number of aromatic nitrogens is 1. The lowest BCUT2D eigenvalue weighted by Gasteiger charge is -2.28. The lowest BCUT2D eigenvalue weighted by atomic mass is 10.1. The Balaban J connectivity index is 1.93. The predicted molar refractivity (Wildman–Crippen MR) is 103 cm³/mol. The summed E-state index contributed by atoms with van der Waals surface area (Å²) in [5.74, 6) is 0.294. The third-order valence-electron chi connectivity index (χ3n) is 4.75. The van der Waals surface area contributed by atoms with E-state index in [0.29, 0.717) is 57.6 Å². The fourth-order valence-electron chi connectivity index (χ4n) is 3.23. The highest BCUT2D eigenvalue weighted by Crippen LogP contribution is 2.33. The molecule has 0 aliphatic carbocycles. The molecule has 1 amide bonds. The number of methoxy groups -OCH3 is 1. The topological polar surface area (TPSA) is 68.0 Å². The maximum Gasteiger partial charge on any atom is 0.233 e. The summed E-state index contributed by atoms with van der Waals surface area (Å²) in [7, 11) is 1.64. The molecule has 2 aromatic rings. The zero-order valence-electron chi connectivity index (χ0n) is 16.3. The van der Waals surface area contributed by atoms with E-state index >= 15 is 0 Å². The van der Waals surface area contributed by atoms with E-state index in [9.17, 15) is 9.18 Å². The summed E-state index contributed by atoms with van der Waals surface area (Å²) >= 11 is 0. The van der Waals surface area contributed by atoms with Crippen LogP contribution in [0, 0.1) is 5.82 Å². The van der Waals surface area contributed by atoms with Gasteiger partial charge in [0.2, 0.25) is 11.8 Å². The number of hydrogen-bond acceptors (Lipinski definition) is 6. The van der Waals surface area contributed by atoms with Crippen molar-refractivity contribution in [2.75, 3.05) is 51.5 Å². The fraction of sp³-hybridized carbons (Fsp3) is 0.500. The maximum atomic E-state index is 13.4. The number of anilines is 1. The molecule has 1 aliphatic rings. The number of ether oxygens (including phenoxy) is 2. The molecule has 8 heteroatoms. The molecule has 1 aromatic heterocycles. The molecule has 0 radical (unpaired) electrons. The summed E-state index contributed by atoms with van der Waals surface area (Å²) in [5.41, 5.74) is 2.20. The number of morpholine rings is 1. The van der Waals surface area contributed by atoms with Gasteiger partial charge in [0.1, 0.15) is 11.5 Å². The average molecular weight is 391 g/mol. The number of nitrogens with zero attached hydrogens (tertiary/aromatic N) is 3. The lowest BCUT2D eigenvalue weighted by molar-refractivity contribution is -0.129. The first-order valence-corrected chi connectivity index (χ1v) is 9.41. The van der Waals surface area contributed by atoms with Crippen LogP contribution in [0.1, 0.15) is 18.9 Å². The summed E-state index contributed by atoms with van der Waals surface area (Å²) in [6.07, 6.45) is 0.736. The molecule has 0 N–H and O–H groups in total. The van der Waals surface area contributed by atoms with Gasteiger partial charge in [-0.05, 0) is 30.7 Å². The molecule has 0 spiro atoms. The van der Waals surface area contributed by atoms with E-state index in [1.165, 1.54) is 12.1 Å². The monoisotopic (exact) mass is 391 g/mol. The third kappa shape index (κ3) is 4.88. The zero-order chi connectivity index (χ0) is 19.9. The highest BCUT2D eigenvalue weighted by Gasteiger charge is 2.26. The molecule has 3 rings (SSSR count). The summed E-state index contributed by atoms with van der Waals surface area (Å²) in [4.78, 5) is 16.0. The number of hydrogen-bond donors (Lipinski definition) is 0. The second-order valence-corrected chi connectivity index (χ2v) is 6.71. The SMILES string of the molecule is COCCCN(Cc1c(-c2ccc(F)cc2)noc1N1CCOCC1)C(C)=O. The first-order valence-electron chi connectivity index (χ1n) is 9.41. The highest BCUT2D eigenvalue weighted by molar-refractivity contribution is 5.75. The van der Waals surface area contributed by atoms with Crippen LogP contribution in [0.15, 0.2) is 28.8 Å². The van der Waals surface area contributed by atoms with Gasteiger partial charge in [-0.2, -0.15) is 0 Å². The summed E-state index contributed by atoms with van der Waals surface area (Å²) in [6, 6.07) is 6.12. The third-order valence-corrected chi connectivity index (χ3v) is 4.75. The van der Waals surface area contributed by atoms with Crippen molar-refractivity contribution in [2.24, 2.45) is 0 Å². The van der Waals surface area contributed by atoms with Crippen molar-refractivity contribution in [3.05, 3.63) is 35.6 Å². The largest absolute Gasteiger partial charge is 0.385 e. The van der Waals surface area contributed by atoms with E-state index in [1.807, 2.05) is 0 Å². The quantitative estimate of drug-likeness (QED) is 0.645. The molecule has 152 valence electrons. The van der Waals surface area contributed by atoms with Crippen LogP contribution in [0.3, 0.4) is 0 Å². The molecule has 0 atom stereocenters. The predicted octanol–water partition coefficient (Wildman–Crippen LogP) is 2.70. The fourth-order valence-corrected chi connectivity index (χ4v) is 3.23. The van der Waals surface area contributed by atoms with Gasteiger partial charge in [0.25, 0.3) is 0 Å². The van der Waals surface area contributed by atoms with E-state index in [1.54, 1.807) is 31.1 Å². The summed E-state index contributed by atoms with van der Waals surface area (Å²) in [6.45, 7) is 5.65. The normalized spacial score (nSPS) is 14.3. The van der Waals surface area contributed by atoms with Crippen molar-refractivity contribution < 1.29 is 23.2 Å². The van der Waals surface area contributed by atoms with Crippen molar-refractivity contribution in [3.8, 4) is 11.3 Å². The standard InChI is InChI=1S/C20H26FN3O4/c1-15(25)24(8-3-11-26-2)14-18-19(16-4-6-17(21)7-5-16)22-28-20(18)23-9-12-27-13-10-23/h4-7H,3,8-14H2,1-2H3. The Morgan fingerprint density at radius 1 is 1.29 bits per heavy atom. The lowest BCUT2D eigenvalue weighted by Crippen LogP contribution is -2.37. The van der Waals surface area contributed by atoms with Crippen LogP contribution in [-0.4, -0.2) is 62.5 Å². The van der Waals surface area contributed by atoms with Crippen molar-refractivity contribution in [1.29, 1.82) is 0 Å². The van der Waals surface area contributed by atoms with Gasteiger partial charge in [0.15, 0.2) is 0 Å². The van der Waals surface area contributed by atoms with E-state index < -0.39 is 0 Å². The second kappa shape index (κ2) is 9.66. The molecular formula is C20H26FN3O4. The Morgan fingerprint density at radius 3 is 2.64 bits per heavy atom. The number of benzene rings is 1. The Kier molecular flexibility index (Phi) is 7.00. The van der Waals surface area contributed by atoms with Crippen LogP contribution in [0.2, 0.25) is 0 Å². The summed E-state index contributed by atoms with van der Waals surface area (Å²) in [5, 5.41) is 4.26. The molecule has 28 heavy (non-hydrogen) atoms. The molecule has 0 saturated carbocycles. The number of amides is 1.